The Labute approximate surface area is 113 Å². The predicted molar refractivity (Wildman–Crippen MR) is 65.1 cm³/mol. The van der Waals surface area contributed by atoms with Crippen molar-refractivity contribution in [3.05, 3.63) is 24.0 Å². The minimum Gasteiger partial charge on any atom is -0.388 e. The van der Waals surface area contributed by atoms with Crippen LogP contribution in [0.2, 0.25) is 0 Å². The number of alkyl halides is 3. The van der Waals surface area contributed by atoms with Crippen LogP contribution in [0.5, 0.6) is 0 Å². The molecule has 0 spiro atoms. The van der Waals surface area contributed by atoms with Crippen LogP contribution in [0.1, 0.15) is 25.0 Å². The standard InChI is InChI=1S/C12H14F3N3O2/c13-12(14,15)9-3-2-8(6-16-9)18-10(19)17-7-11(20)4-1-5-11/h2-3,6,20H,1,4-5,7H2,(H2,17,18,19). The number of carbonyl (C=O) groups excluding carboxylic acids is 1. The maximum Gasteiger partial charge on any atom is 0.433 e. The highest BCUT2D eigenvalue weighted by Crippen LogP contribution is 2.30. The maximum absolute atomic E-state index is 12.3. The molecule has 0 saturated heterocycles. The van der Waals surface area contributed by atoms with E-state index in [2.05, 4.69) is 15.6 Å². The lowest BCUT2D eigenvalue weighted by Gasteiger charge is -2.36. The molecule has 1 aromatic heterocycles. The molecule has 0 bridgehead atoms. The maximum atomic E-state index is 12.3. The Morgan fingerprint density at radius 3 is 2.55 bits per heavy atom. The minimum absolute atomic E-state index is 0.118. The normalized spacial score (nSPS) is 17.2. The summed E-state index contributed by atoms with van der Waals surface area (Å²) < 4.78 is 36.9. The van der Waals surface area contributed by atoms with Gasteiger partial charge >= 0.3 is 12.2 Å². The average Bonchev–Trinajstić information content (AvgIpc) is 2.33. The lowest BCUT2D eigenvalue weighted by atomic mass is 9.80. The van der Waals surface area contributed by atoms with Gasteiger partial charge in [0.2, 0.25) is 0 Å². The molecule has 0 aromatic carbocycles. The van der Waals surface area contributed by atoms with E-state index in [0.717, 1.165) is 24.8 Å². The van der Waals surface area contributed by atoms with Crippen molar-refractivity contribution in [3.63, 3.8) is 0 Å². The molecule has 0 radical (unpaired) electrons. The molecule has 8 heteroatoms. The zero-order chi connectivity index (χ0) is 14.8. The van der Waals surface area contributed by atoms with E-state index >= 15 is 0 Å². The Hall–Kier alpha value is -1.83. The second-order valence-electron chi connectivity index (χ2n) is 4.82. The van der Waals surface area contributed by atoms with Gasteiger partial charge in [-0.3, -0.25) is 0 Å². The second-order valence-corrected chi connectivity index (χ2v) is 4.82. The minimum atomic E-state index is -4.51. The van der Waals surface area contributed by atoms with Crippen LogP contribution in [0, 0.1) is 0 Å². The number of pyridine rings is 1. The largest absolute Gasteiger partial charge is 0.433 e. The third-order valence-electron chi connectivity index (χ3n) is 3.17. The Bertz CT molecular complexity index is 484. The molecule has 1 fully saturated rings. The zero-order valence-corrected chi connectivity index (χ0v) is 10.5. The molecular formula is C12H14F3N3O2. The number of aromatic nitrogens is 1. The first-order chi connectivity index (χ1) is 9.28. The molecule has 0 atom stereocenters. The Morgan fingerprint density at radius 2 is 2.10 bits per heavy atom. The number of aliphatic hydroxyl groups is 1. The molecule has 110 valence electrons. The molecule has 1 aliphatic rings. The van der Waals surface area contributed by atoms with Gasteiger partial charge in [-0.25, -0.2) is 9.78 Å². The first kappa shape index (κ1) is 14.6. The number of anilines is 1. The third-order valence-corrected chi connectivity index (χ3v) is 3.17. The number of amides is 2. The van der Waals surface area contributed by atoms with E-state index in [1.54, 1.807) is 0 Å². The summed E-state index contributed by atoms with van der Waals surface area (Å²) in [5, 5.41) is 14.6. The molecule has 1 heterocycles. The van der Waals surface area contributed by atoms with Gasteiger partial charge in [0.15, 0.2) is 0 Å². The van der Waals surface area contributed by atoms with E-state index in [4.69, 9.17) is 0 Å². The van der Waals surface area contributed by atoms with Crippen molar-refractivity contribution in [2.75, 3.05) is 11.9 Å². The van der Waals surface area contributed by atoms with Crippen molar-refractivity contribution >= 4 is 11.7 Å². The number of urea groups is 1. The van der Waals surface area contributed by atoms with Gasteiger partial charge in [0.05, 0.1) is 17.5 Å². The van der Waals surface area contributed by atoms with Crippen LogP contribution in [0.3, 0.4) is 0 Å². The number of nitrogens with one attached hydrogen (secondary N) is 2. The van der Waals surface area contributed by atoms with Crippen LogP contribution in [0.25, 0.3) is 0 Å². The van der Waals surface area contributed by atoms with Gasteiger partial charge in [-0.1, -0.05) is 0 Å². The number of hydrogen-bond donors (Lipinski definition) is 3. The van der Waals surface area contributed by atoms with Crippen molar-refractivity contribution in [3.8, 4) is 0 Å². The highest BCUT2D eigenvalue weighted by Gasteiger charge is 2.34. The summed E-state index contributed by atoms with van der Waals surface area (Å²) in [6.07, 6.45) is -1.39. The van der Waals surface area contributed by atoms with Crippen molar-refractivity contribution in [1.82, 2.24) is 10.3 Å². The second kappa shape index (κ2) is 5.28. The van der Waals surface area contributed by atoms with Crippen LogP contribution in [-0.4, -0.2) is 28.3 Å². The summed E-state index contributed by atoms with van der Waals surface area (Å²) in [6.45, 7) is 0.118. The Kier molecular flexibility index (Phi) is 3.85. The van der Waals surface area contributed by atoms with E-state index in [0.29, 0.717) is 12.8 Å². The molecular weight excluding hydrogens is 275 g/mol. The van der Waals surface area contributed by atoms with E-state index in [1.165, 1.54) is 0 Å². The van der Waals surface area contributed by atoms with Gasteiger partial charge in [-0.2, -0.15) is 13.2 Å². The first-order valence-corrected chi connectivity index (χ1v) is 6.09. The van der Waals surface area contributed by atoms with Crippen LogP contribution in [-0.2, 0) is 6.18 Å². The first-order valence-electron chi connectivity index (χ1n) is 6.09. The van der Waals surface area contributed by atoms with E-state index in [-0.39, 0.29) is 12.2 Å². The van der Waals surface area contributed by atoms with E-state index in [1.807, 2.05) is 0 Å². The summed E-state index contributed by atoms with van der Waals surface area (Å²) in [5.74, 6) is 0. The van der Waals surface area contributed by atoms with Gasteiger partial charge in [0.1, 0.15) is 5.69 Å². The summed E-state index contributed by atoms with van der Waals surface area (Å²) in [4.78, 5) is 14.7. The van der Waals surface area contributed by atoms with Crippen molar-refractivity contribution in [1.29, 1.82) is 0 Å². The molecule has 5 nitrogen and oxygen atoms in total. The monoisotopic (exact) mass is 289 g/mol. The zero-order valence-electron chi connectivity index (χ0n) is 10.5. The topological polar surface area (TPSA) is 74.2 Å². The fourth-order valence-corrected chi connectivity index (χ4v) is 1.82. The Morgan fingerprint density at radius 1 is 1.40 bits per heavy atom. The van der Waals surface area contributed by atoms with Gasteiger partial charge in [0, 0.05) is 6.54 Å². The molecule has 3 N–H and O–H groups in total. The quantitative estimate of drug-likeness (QED) is 0.798. The highest BCUT2D eigenvalue weighted by atomic mass is 19.4. The molecule has 1 aromatic rings. The molecule has 20 heavy (non-hydrogen) atoms. The fourth-order valence-electron chi connectivity index (χ4n) is 1.82. The molecule has 0 unspecified atom stereocenters. The lowest BCUT2D eigenvalue weighted by molar-refractivity contribution is -0.141. The molecule has 1 saturated carbocycles. The molecule has 2 amide bonds. The smallest absolute Gasteiger partial charge is 0.388 e. The molecule has 1 aliphatic carbocycles. The summed E-state index contributed by atoms with van der Waals surface area (Å²) in [5.41, 5.74) is -1.72. The number of carbonyl (C=O) groups is 1. The van der Waals surface area contributed by atoms with E-state index < -0.39 is 23.5 Å². The van der Waals surface area contributed by atoms with Crippen LogP contribution < -0.4 is 10.6 Å². The SMILES string of the molecule is O=C(NCC1(O)CCC1)Nc1ccc(C(F)(F)F)nc1. The number of halogens is 3. The molecule has 2 rings (SSSR count). The van der Waals surface area contributed by atoms with Crippen molar-refractivity contribution in [2.45, 2.75) is 31.0 Å². The van der Waals surface area contributed by atoms with Gasteiger partial charge in [-0.15, -0.1) is 0 Å². The number of rotatable bonds is 3. The van der Waals surface area contributed by atoms with Gasteiger partial charge < -0.3 is 15.7 Å². The van der Waals surface area contributed by atoms with E-state index in [9.17, 15) is 23.1 Å². The lowest BCUT2D eigenvalue weighted by Crippen LogP contribution is -2.48. The van der Waals surface area contributed by atoms with Gasteiger partial charge in [0.25, 0.3) is 0 Å². The van der Waals surface area contributed by atoms with Crippen LogP contribution in [0.4, 0.5) is 23.7 Å². The highest BCUT2D eigenvalue weighted by molar-refractivity contribution is 5.89. The average molecular weight is 289 g/mol. The molecule has 0 aliphatic heterocycles. The third kappa shape index (κ3) is 3.60. The summed E-state index contributed by atoms with van der Waals surface area (Å²) >= 11 is 0. The Balaban J connectivity index is 1.85. The van der Waals surface area contributed by atoms with Crippen molar-refractivity contribution < 1.29 is 23.1 Å². The summed E-state index contributed by atoms with van der Waals surface area (Å²) in [6, 6.07) is 1.31. The van der Waals surface area contributed by atoms with Gasteiger partial charge in [-0.05, 0) is 31.4 Å². The fraction of sp³-hybridized carbons (Fsp3) is 0.500. The van der Waals surface area contributed by atoms with Crippen LogP contribution >= 0.6 is 0 Å². The van der Waals surface area contributed by atoms with Crippen molar-refractivity contribution in [2.24, 2.45) is 0 Å². The number of nitrogens with zero attached hydrogens (tertiary/aromatic N) is 1. The summed E-state index contributed by atoms with van der Waals surface area (Å²) in [7, 11) is 0. The number of hydrogen-bond acceptors (Lipinski definition) is 3. The predicted octanol–water partition coefficient (Wildman–Crippen LogP) is 2.14. The van der Waals surface area contributed by atoms with Crippen LogP contribution in [0.15, 0.2) is 18.3 Å².